The number of nitrogens with zero attached hydrogens (tertiary/aromatic N) is 7. The lowest BCUT2D eigenvalue weighted by molar-refractivity contribution is 0.660. The lowest BCUT2D eigenvalue weighted by Gasteiger charge is -2.21. The summed E-state index contributed by atoms with van der Waals surface area (Å²) in [6, 6.07) is 73.1. The molecule has 0 saturated heterocycles. The molecule has 4 aromatic heterocycles. The van der Waals surface area contributed by atoms with E-state index in [4.69, 9.17) is 34.3 Å². The Morgan fingerprint density at radius 2 is 0.873 bits per heavy atom. The summed E-state index contributed by atoms with van der Waals surface area (Å²) in [5.41, 5.74) is 14.5. The van der Waals surface area contributed by atoms with Gasteiger partial charge in [0.15, 0.2) is 34.9 Å². The van der Waals surface area contributed by atoms with E-state index in [0.29, 0.717) is 34.9 Å². The normalized spacial score (nSPS) is 12.8. The van der Waals surface area contributed by atoms with Crippen molar-refractivity contribution in [1.82, 2.24) is 34.5 Å². The number of benzene rings is 9. The molecule has 334 valence electrons. The van der Waals surface area contributed by atoms with Crippen LogP contribution in [0.1, 0.15) is 25.0 Å². The Kier molecular flexibility index (Phi) is 9.06. The Balaban J connectivity index is 1.06. The third-order valence-corrected chi connectivity index (χ3v) is 14.1. The number of rotatable bonds is 7. The quantitative estimate of drug-likeness (QED) is 0.157. The molecule has 13 aromatic rings. The molecule has 0 saturated carbocycles. The summed E-state index contributed by atoms with van der Waals surface area (Å²) in [5.74, 6) is 3.34. The SMILES string of the molecule is CC1(C)c2ccccc2-c2c(-c3nc(-c4ccccc4)nc(-c4ccc(-n5c6ccccc6c6c7c(ccc65)oc5ccccc57)c(-c5nc(-c6ccccc6)nc(-c6ccccc6)n5)c4)n3)cccc21. The third kappa shape index (κ3) is 6.45. The second-order valence-corrected chi connectivity index (χ2v) is 18.6. The average molecular weight is 912 g/mol. The molecule has 0 amide bonds. The Bertz CT molecular complexity index is 4200. The van der Waals surface area contributed by atoms with E-state index in [9.17, 15) is 0 Å². The molecule has 0 bridgehead atoms. The van der Waals surface area contributed by atoms with Crippen LogP contribution in [0.3, 0.4) is 0 Å². The standard InChI is InChI=1S/C63H41N7O/c1-63(2)47-29-15-12-25-42(47)54-45(28-18-30-48(54)63)61-66-59(40-23-10-5-11-24-40)65-60(69-61)41-33-34-50(46(37-41)62-67-57(38-19-6-3-7-20-38)64-58(68-62)39-21-8-4-9-22-39)70-49-31-16-13-26-43(49)55-51(70)35-36-53-56(55)44-27-14-17-32-52(44)71-53/h3-37H,1-2H3. The van der Waals surface area contributed by atoms with Gasteiger partial charge in [-0.15, -0.1) is 0 Å². The van der Waals surface area contributed by atoms with Crippen molar-refractivity contribution in [1.29, 1.82) is 0 Å². The summed E-state index contributed by atoms with van der Waals surface area (Å²) in [7, 11) is 0. The molecule has 9 aromatic carbocycles. The first-order chi connectivity index (χ1) is 35.0. The van der Waals surface area contributed by atoms with Crippen molar-refractivity contribution in [3.8, 4) is 85.1 Å². The molecule has 0 N–H and O–H groups in total. The van der Waals surface area contributed by atoms with E-state index in [2.05, 4.69) is 140 Å². The van der Waals surface area contributed by atoms with E-state index in [1.807, 2.05) is 91.0 Å². The highest BCUT2D eigenvalue weighted by molar-refractivity contribution is 6.27. The van der Waals surface area contributed by atoms with Crippen molar-refractivity contribution in [2.75, 3.05) is 0 Å². The summed E-state index contributed by atoms with van der Waals surface area (Å²) in [5, 5.41) is 4.36. The van der Waals surface area contributed by atoms with E-state index in [-0.39, 0.29) is 5.41 Å². The first-order valence-electron chi connectivity index (χ1n) is 23.9. The molecule has 14 rings (SSSR count). The predicted molar refractivity (Wildman–Crippen MR) is 285 cm³/mol. The summed E-state index contributed by atoms with van der Waals surface area (Å²) in [6.45, 7) is 4.59. The number of aromatic nitrogens is 7. The lowest BCUT2D eigenvalue weighted by Crippen LogP contribution is -2.14. The Labute approximate surface area is 408 Å². The molecule has 8 heteroatoms. The van der Waals surface area contributed by atoms with Crippen LogP contribution in [0, 0.1) is 0 Å². The first kappa shape index (κ1) is 40.6. The second-order valence-electron chi connectivity index (χ2n) is 18.6. The fourth-order valence-electron chi connectivity index (χ4n) is 10.8. The lowest BCUT2D eigenvalue weighted by atomic mass is 9.82. The summed E-state index contributed by atoms with van der Waals surface area (Å²) < 4.78 is 8.81. The Hall–Kier alpha value is -9.40. The number of para-hydroxylation sites is 2. The van der Waals surface area contributed by atoms with Gasteiger partial charge in [-0.3, -0.25) is 0 Å². The van der Waals surface area contributed by atoms with Gasteiger partial charge in [0.2, 0.25) is 0 Å². The zero-order chi connectivity index (χ0) is 47.2. The highest BCUT2D eigenvalue weighted by atomic mass is 16.3. The van der Waals surface area contributed by atoms with Crippen LogP contribution in [0.15, 0.2) is 217 Å². The zero-order valence-electron chi connectivity index (χ0n) is 38.7. The molecule has 1 aliphatic carbocycles. The highest BCUT2D eigenvalue weighted by Gasteiger charge is 2.37. The summed E-state index contributed by atoms with van der Waals surface area (Å²) >= 11 is 0. The van der Waals surface area contributed by atoms with Crippen LogP contribution in [-0.4, -0.2) is 34.5 Å². The van der Waals surface area contributed by atoms with E-state index in [1.165, 1.54) is 16.7 Å². The van der Waals surface area contributed by atoms with Crippen molar-refractivity contribution in [2.45, 2.75) is 19.3 Å². The molecule has 0 fully saturated rings. The van der Waals surface area contributed by atoms with Gasteiger partial charge in [-0.05, 0) is 64.7 Å². The van der Waals surface area contributed by atoms with Gasteiger partial charge in [0.1, 0.15) is 11.2 Å². The van der Waals surface area contributed by atoms with Gasteiger partial charge in [0.05, 0.1) is 16.7 Å². The molecular weight excluding hydrogens is 871 g/mol. The van der Waals surface area contributed by atoms with Crippen LogP contribution in [0.4, 0.5) is 0 Å². The van der Waals surface area contributed by atoms with E-state index in [1.54, 1.807) is 0 Å². The first-order valence-corrected chi connectivity index (χ1v) is 23.9. The molecule has 8 nitrogen and oxygen atoms in total. The second kappa shape index (κ2) is 15.8. The van der Waals surface area contributed by atoms with Gasteiger partial charge in [0, 0.05) is 60.3 Å². The van der Waals surface area contributed by atoms with Gasteiger partial charge >= 0.3 is 0 Å². The Morgan fingerprint density at radius 1 is 0.352 bits per heavy atom. The van der Waals surface area contributed by atoms with E-state index < -0.39 is 0 Å². The van der Waals surface area contributed by atoms with E-state index in [0.717, 1.165) is 88.4 Å². The molecule has 0 unspecified atom stereocenters. The maximum atomic E-state index is 6.47. The topological polar surface area (TPSA) is 95.4 Å². The van der Waals surface area contributed by atoms with Crippen molar-refractivity contribution >= 4 is 43.7 Å². The smallest absolute Gasteiger partial charge is 0.166 e. The van der Waals surface area contributed by atoms with Gasteiger partial charge in [0.25, 0.3) is 0 Å². The molecule has 1 aliphatic rings. The van der Waals surface area contributed by atoms with Crippen LogP contribution in [0.2, 0.25) is 0 Å². The molecule has 71 heavy (non-hydrogen) atoms. The number of hydrogen-bond donors (Lipinski definition) is 0. The van der Waals surface area contributed by atoms with Gasteiger partial charge < -0.3 is 8.98 Å². The minimum absolute atomic E-state index is 0.199. The molecule has 0 radical (unpaired) electrons. The monoisotopic (exact) mass is 911 g/mol. The van der Waals surface area contributed by atoms with Crippen molar-refractivity contribution < 1.29 is 4.42 Å². The zero-order valence-corrected chi connectivity index (χ0v) is 38.7. The fraction of sp³-hybridized carbons (Fsp3) is 0.0476. The van der Waals surface area contributed by atoms with Gasteiger partial charge in [-0.1, -0.05) is 184 Å². The van der Waals surface area contributed by atoms with Crippen LogP contribution >= 0.6 is 0 Å². The van der Waals surface area contributed by atoms with Gasteiger partial charge in [-0.2, -0.15) is 0 Å². The average Bonchev–Trinajstić information content (AvgIpc) is 4.06. The molecule has 0 atom stereocenters. The summed E-state index contributed by atoms with van der Waals surface area (Å²) in [6.07, 6.45) is 0. The van der Waals surface area contributed by atoms with Gasteiger partial charge in [-0.25, -0.2) is 29.9 Å². The number of furan rings is 1. The molecule has 0 spiro atoms. The molecular formula is C63H41N7O. The van der Waals surface area contributed by atoms with Crippen LogP contribution in [0.5, 0.6) is 0 Å². The highest BCUT2D eigenvalue weighted by Crippen LogP contribution is 2.52. The maximum absolute atomic E-state index is 6.47. The van der Waals surface area contributed by atoms with Crippen LogP contribution in [-0.2, 0) is 5.41 Å². The number of fused-ring (bicyclic) bond motifs is 10. The van der Waals surface area contributed by atoms with Crippen molar-refractivity contribution in [3.63, 3.8) is 0 Å². The minimum atomic E-state index is -0.199. The van der Waals surface area contributed by atoms with Crippen molar-refractivity contribution in [3.05, 3.63) is 223 Å². The number of hydrogen-bond acceptors (Lipinski definition) is 7. The molecule has 0 aliphatic heterocycles. The third-order valence-electron chi connectivity index (χ3n) is 14.1. The minimum Gasteiger partial charge on any atom is -0.456 e. The largest absolute Gasteiger partial charge is 0.456 e. The fourth-order valence-corrected chi connectivity index (χ4v) is 10.8. The maximum Gasteiger partial charge on any atom is 0.166 e. The van der Waals surface area contributed by atoms with Crippen LogP contribution < -0.4 is 0 Å². The predicted octanol–water partition coefficient (Wildman–Crippen LogP) is 15.4. The van der Waals surface area contributed by atoms with Crippen molar-refractivity contribution in [2.24, 2.45) is 0 Å². The molecule has 4 heterocycles. The Morgan fingerprint density at radius 3 is 1.55 bits per heavy atom. The summed E-state index contributed by atoms with van der Waals surface area (Å²) in [4.78, 5) is 31.8. The van der Waals surface area contributed by atoms with E-state index >= 15 is 0 Å². The van der Waals surface area contributed by atoms with Crippen LogP contribution in [0.25, 0.3) is 129 Å².